The van der Waals surface area contributed by atoms with Crippen molar-refractivity contribution < 1.29 is 33.5 Å². The Kier molecular flexibility index (Phi) is 7.08. The smallest absolute Gasteiger partial charge is 0.163 e. The van der Waals surface area contributed by atoms with Gasteiger partial charge in [-0.2, -0.15) is 0 Å². The predicted molar refractivity (Wildman–Crippen MR) is 124 cm³/mol. The molecule has 0 aliphatic carbocycles. The lowest BCUT2D eigenvalue weighted by atomic mass is 10.1. The molecule has 1 fully saturated rings. The molecule has 1 saturated heterocycles. The fourth-order valence-corrected chi connectivity index (χ4v) is 9.77. The second-order valence-electron chi connectivity index (χ2n) is 8.51. The van der Waals surface area contributed by atoms with Gasteiger partial charge in [0.25, 0.3) is 0 Å². The summed E-state index contributed by atoms with van der Waals surface area (Å²) in [7, 11) is -2.02. The van der Waals surface area contributed by atoms with Crippen LogP contribution in [0.25, 0.3) is 0 Å². The van der Waals surface area contributed by atoms with E-state index < -0.39 is 18.7 Å². The second kappa shape index (κ2) is 9.08. The van der Waals surface area contributed by atoms with E-state index in [1.165, 1.54) is 15.9 Å². The van der Waals surface area contributed by atoms with Crippen LogP contribution in [0.3, 0.4) is 0 Å². The number of ether oxygens (including phenoxy) is 2. The van der Waals surface area contributed by atoms with E-state index in [2.05, 4.69) is 105 Å². The third kappa shape index (κ3) is 4.10. The molecule has 0 N–H and O–H groups in total. The van der Waals surface area contributed by atoms with Crippen molar-refractivity contribution in [3.05, 3.63) is 91.0 Å². The van der Waals surface area contributed by atoms with Crippen molar-refractivity contribution in [1.29, 1.82) is 0 Å². The average molecular weight is 532 g/mol. The zero-order valence-corrected chi connectivity index (χ0v) is 21.1. The van der Waals surface area contributed by atoms with Crippen LogP contribution in [0.1, 0.15) is 27.7 Å². The Morgan fingerprint density at radius 1 is 0.700 bits per heavy atom. The van der Waals surface area contributed by atoms with Gasteiger partial charge in [0.1, 0.15) is 34.4 Å². The summed E-state index contributed by atoms with van der Waals surface area (Å²) in [5, 5.41) is 4.12. The minimum Gasteiger partial charge on any atom is -1.00 e. The fourth-order valence-electron chi connectivity index (χ4n) is 4.66. The Morgan fingerprint density at radius 3 is 1.37 bits per heavy atom. The molecule has 4 heteroatoms. The van der Waals surface area contributed by atoms with Gasteiger partial charge < -0.3 is 33.5 Å². The molecule has 0 saturated carbocycles. The van der Waals surface area contributed by atoms with Crippen molar-refractivity contribution in [2.75, 3.05) is 6.61 Å². The van der Waals surface area contributed by atoms with Crippen molar-refractivity contribution in [2.45, 2.75) is 44.7 Å². The highest BCUT2D eigenvalue weighted by Crippen LogP contribution is 2.63. The molecule has 0 radical (unpaired) electrons. The molecule has 1 aliphatic rings. The van der Waals surface area contributed by atoms with Crippen molar-refractivity contribution in [3.63, 3.8) is 0 Å². The lowest BCUT2D eigenvalue weighted by Gasteiger charge is -2.40. The normalized spacial score (nSPS) is 21.6. The van der Waals surface area contributed by atoms with Crippen LogP contribution in [-0.4, -0.2) is 23.7 Å². The van der Waals surface area contributed by atoms with E-state index in [1.807, 2.05) is 13.8 Å². The summed E-state index contributed by atoms with van der Waals surface area (Å²) in [4.78, 5) is 0. The first kappa shape index (κ1) is 23.4. The number of hydrogen-bond donors (Lipinski definition) is 0. The second-order valence-corrected chi connectivity index (χ2v) is 12.3. The first-order chi connectivity index (χ1) is 13.9. The molecule has 0 aromatic heterocycles. The van der Waals surface area contributed by atoms with Crippen molar-refractivity contribution in [3.8, 4) is 0 Å². The highest BCUT2D eigenvalue weighted by Gasteiger charge is 2.61. The largest absolute Gasteiger partial charge is 1.00 e. The molecular weight excluding hydrogens is 502 g/mol. The molecule has 0 spiro atoms. The number of hydrogen-bond acceptors (Lipinski definition) is 2. The van der Waals surface area contributed by atoms with Crippen LogP contribution in [0.2, 0.25) is 0 Å². The van der Waals surface area contributed by atoms with Crippen LogP contribution >= 0.6 is 7.26 Å². The third-order valence-corrected chi connectivity index (χ3v) is 11.2. The zero-order valence-electron chi connectivity index (χ0n) is 18.1. The average Bonchev–Trinajstić information content (AvgIpc) is 3.05. The summed E-state index contributed by atoms with van der Waals surface area (Å²) in [6.07, 6.45) is 0. The zero-order chi connectivity index (χ0) is 20.5. The van der Waals surface area contributed by atoms with Crippen LogP contribution in [0.4, 0.5) is 0 Å². The van der Waals surface area contributed by atoms with Crippen molar-refractivity contribution in [2.24, 2.45) is 0 Å². The molecule has 1 aliphatic heterocycles. The molecule has 4 rings (SSSR count). The summed E-state index contributed by atoms with van der Waals surface area (Å²) in [6.45, 7) is 9.19. The summed E-state index contributed by atoms with van der Waals surface area (Å²) in [5.41, 5.74) is -0.164. The van der Waals surface area contributed by atoms with Crippen molar-refractivity contribution in [1.82, 2.24) is 0 Å². The monoisotopic (exact) mass is 532 g/mol. The van der Waals surface area contributed by atoms with Gasteiger partial charge in [-0.05, 0) is 64.1 Å². The number of halogens is 1. The Bertz CT molecular complexity index is 850. The van der Waals surface area contributed by atoms with Crippen LogP contribution < -0.4 is 39.9 Å². The Hall–Kier alpha value is -1.26. The van der Waals surface area contributed by atoms with E-state index in [1.54, 1.807) is 0 Å². The van der Waals surface area contributed by atoms with Gasteiger partial charge in [-0.3, -0.25) is 0 Å². The minimum absolute atomic E-state index is 0. The molecule has 0 amide bonds. The third-order valence-electron chi connectivity index (χ3n) is 6.14. The van der Waals surface area contributed by atoms with Gasteiger partial charge >= 0.3 is 0 Å². The van der Waals surface area contributed by atoms with Gasteiger partial charge in [-0.15, -0.1) is 0 Å². The quantitative estimate of drug-likeness (QED) is 0.370. The number of benzene rings is 3. The molecule has 2 atom stereocenters. The summed E-state index contributed by atoms with van der Waals surface area (Å²) < 4.78 is 12.6. The van der Waals surface area contributed by atoms with Crippen LogP contribution in [0.5, 0.6) is 0 Å². The SMILES string of the molecule is CC(C1(C)COC(C)(C)O1)[P+](c1ccccc1)(c1ccccc1)c1ccccc1.[I-]. The lowest BCUT2D eigenvalue weighted by Crippen LogP contribution is -3.00. The fraction of sp³-hybridized carbons (Fsp3) is 0.308. The van der Waals surface area contributed by atoms with Gasteiger partial charge in [0.05, 0.1) is 6.61 Å². The maximum atomic E-state index is 6.57. The van der Waals surface area contributed by atoms with Gasteiger partial charge in [0.2, 0.25) is 0 Å². The highest BCUT2D eigenvalue weighted by atomic mass is 127. The summed E-state index contributed by atoms with van der Waals surface area (Å²) in [5.74, 6) is -0.567. The molecule has 0 bridgehead atoms. The molecule has 158 valence electrons. The Labute approximate surface area is 198 Å². The Balaban J connectivity index is 0.00000256. The minimum atomic E-state index is -2.02. The van der Waals surface area contributed by atoms with Gasteiger partial charge in [0.15, 0.2) is 5.79 Å². The van der Waals surface area contributed by atoms with Gasteiger partial charge in [0, 0.05) is 0 Å². The van der Waals surface area contributed by atoms with E-state index >= 15 is 0 Å². The van der Waals surface area contributed by atoms with Crippen molar-refractivity contribution >= 4 is 23.2 Å². The van der Waals surface area contributed by atoms with Gasteiger partial charge in [-0.1, -0.05) is 54.6 Å². The molecular formula is C26H30IO2P. The van der Waals surface area contributed by atoms with Gasteiger partial charge in [-0.25, -0.2) is 0 Å². The molecule has 1 heterocycles. The van der Waals surface area contributed by atoms with E-state index in [-0.39, 0.29) is 29.6 Å². The van der Waals surface area contributed by atoms with E-state index in [9.17, 15) is 0 Å². The predicted octanol–water partition coefficient (Wildman–Crippen LogP) is 1.91. The molecule has 2 nitrogen and oxygen atoms in total. The maximum absolute atomic E-state index is 6.57. The van der Waals surface area contributed by atoms with E-state index in [4.69, 9.17) is 9.47 Å². The first-order valence-electron chi connectivity index (χ1n) is 10.3. The molecule has 30 heavy (non-hydrogen) atoms. The lowest BCUT2D eigenvalue weighted by molar-refractivity contribution is -0.156. The maximum Gasteiger partial charge on any atom is 0.163 e. The van der Waals surface area contributed by atoms with E-state index in [0.29, 0.717) is 6.61 Å². The van der Waals surface area contributed by atoms with Crippen LogP contribution in [0, 0.1) is 0 Å². The van der Waals surface area contributed by atoms with Crippen LogP contribution in [0.15, 0.2) is 91.0 Å². The topological polar surface area (TPSA) is 18.5 Å². The summed E-state index contributed by atoms with van der Waals surface area (Å²) in [6, 6.07) is 32.9. The molecule has 2 unspecified atom stereocenters. The first-order valence-corrected chi connectivity index (χ1v) is 12.1. The summed E-state index contributed by atoms with van der Waals surface area (Å²) >= 11 is 0. The standard InChI is InChI=1S/C26H30O2P.HI/c1-21(26(4)20-27-25(2,3)28-26)29(22-14-8-5-9-15-22,23-16-10-6-11-17-23)24-18-12-7-13-19-24;/h5-19,21H,20H2,1-4H3;1H/q+1;/p-1. The van der Waals surface area contributed by atoms with Crippen LogP contribution in [-0.2, 0) is 9.47 Å². The number of rotatable bonds is 5. The highest BCUT2D eigenvalue weighted by molar-refractivity contribution is 7.96. The molecule has 3 aromatic rings. The molecule has 3 aromatic carbocycles. The Morgan fingerprint density at radius 2 is 1.07 bits per heavy atom. The van der Waals surface area contributed by atoms with E-state index in [0.717, 1.165) is 0 Å².